The lowest BCUT2D eigenvalue weighted by Crippen LogP contribution is -2.29. The maximum atomic E-state index is 12.4. The molecule has 1 aliphatic carbocycles. The number of halogens is 2. The summed E-state index contributed by atoms with van der Waals surface area (Å²) in [6, 6.07) is 0. The van der Waals surface area contributed by atoms with Gasteiger partial charge in [0.2, 0.25) is 0 Å². The van der Waals surface area contributed by atoms with Gasteiger partial charge in [-0.1, -0.05) is 0 Å². The van der Waals surface area contributed by atoms with Crippen LogP contribution in [0.15, 0.2) is 0 Å². The molecule has 0 aromatic heterocycles. The maximum absolute atomic E-state index is 12.4. The summed E-state index contributed by atoms with van der Waals surface area (Å²) in [6.45, 7) is -0.143. The average molecular weight is 222 g/mol. The zero-order chi connectivity index (χ0) is 11.5. The zero-order valence-electron chi connectivity index (χ0n) is 8.71. The van der Waals surface area contributed by atoms with Crippen molar-refractivity contribution in [2.45, 2.75) is 44.6 Å². The minimum absolute atomic E-state index is 0.323. The summed E-state index contributed by atoms with van der Waals surface area (Å²) in [5.41, 5.74) is 0. The first-order valence-electron chi connectivity index (χ1n) is 5.11. The number of esters is 1. The van der Waals surface area contributed by atoms with Gasteiger partial charge < -0.3 is 9.84 Å². The number of carbonyl (C=O) groups excluding carboxylic acids is 1. The van der Waals surface area contributed by atoms with E-state index in [1.54, 1.807) is 0 Å². The van der Waals surface area contributed by atoms with E-state index in [2.05, 4.69) is 4.74 Å². The Balaban J connectivity index is 2.29. The number of rotatable bonds is 3. The quantitative estimate of drug-likeness (QED) is 0.740. The van der Waals surface area contributed by atoms with E-state index in [-0.39, 0.29) is 12.0 Å². The Labute approximate surface area is 87.4 Å². The molecule has 5 heteroatoms. The highest BCUT2D eigenvalue weighted by atomic mass is 19.3. The van der Waals surface area contributed by atoms with Crippen molar-refractivity contribution >= 4 is 5.97 Å². The molecule has 0 atom stereocenters. The van der Waals surface area contributed by atoms with Crippen LogP contribution < -0.4 is 0 Å². The summed E-state index contributed by atoms with van der Waals surface area (Å²) in [4.78, 5) is 11.3. The molecule has 0 bridgehead atoms. The van der Waals surface area contributed by atoms with Crippen molar-refractivity contribution < 1.29 is 23.4 Å². The van der Waals surface area contributed by atoms with Gasteiger partial charge in [-0.25, -0.2) is 8.78 Å². The fourth-order valence-corrected chi connectivity index (χ4v) is 1.63. The minimum Gasteiger partial charge on any atom is -0.459 e. The molecule has 0 saturated heterocycles. The van der Waals surface area contributed by atoms with Crippen molar-refractivity contribution in [3.8, 4) is 0 Å². The van der Waals surface area contributed by atoms with Gasteiger partial charge in [0.25, 0.3) is 5.92 Å². The van der Waals surface area contributed by atoms with Crippen molar-refractivity contribution in [1.82, 2.24) is 0 Å². The third-order valence-electron chi connectivity index (χ3n) is 2.50. The molecular weight excluding hydrogens is 206 g/mol. The molecule has 3 nitrogen and oxygen atoms in total. The summed E-state index contributed by atoms with van der Waals surface area (Å²) >= 11 is 0. The third kappa shape index (κ3) is 4.55. The molecule has 15 heavy (non-hydrogen) atoms. The van der Waals surface area contributed by atoms with Crippen LogP contribution in [0.1, 0.15) is 32.6 Å². The Bertz CT molecular complexity index is 217. The number of aliphatic hydroxyl groups is 1. The Morgan fingerprint density at radius 2 is 1.93 bits per heavy atom. The maximum Gasteiger partial charge on any atom is 0.309 e. The fraction of sp³-hybridized carbons (Fsp3) is 0.900. The smallest absolute Gasteiger partial charge is 0.309 e. The van der Waals surface area contributed by atoms with Gasteiger partial charge >= 0.3 is 5.97 Å². The van der Waals surface area contributed by atoms with Crippen molar-refractivity contribution in [2.24, 2.45) is 5.92 Å². The van der Waals surface area contributed by atoms with Crippen LogP contribution in [0, 0.1) is 5.92 Å². The summed E-state index contributed by atoms with van der Waals surface area (Å²) in [6.07, 6.45) is 1.77. The standard InChI is InChI=1S/C10H16F2O3/c1-10(11,12)6-15-9(14)7-2-4-8(13)5-3-7/h7-8,13H,2-6H2,1H3. The lowest BCUT2D eigenvalue weighted by Gasteiger charge is -2.24. The molecule has 0 heterocycles. The van der Waals surface area contributed by atoms with Gasteiger partial charge in [0, 0.05) is 6.92 Å². The Morgan fingerprint density at radius 1 is 1.40 bits per heavy atom. The monoisotopic (exact) mass is 222 g/mol. The van der Waals surface area contributed by atoms with Gasteiger partial charge in [-0.2, -0.15) is 0 Å². The van der Waals surface area contributed by atoms with E-state index in [1.807, 2.05) is 0 Å². The van der Waals surface area contributed by atoms with E-state index in [9.17, 15) is 18.7 Å². The zero-order valence-corrected chi connectivity index (χ0v) is 8.71. The Kier molecular flexibility index (Phi) is 4.02. The van der Waals surface area contributed by atoms with Crippen molar-refractivity contribution in [3.63, 3.8) is 0 Å². The van der Waals surface area contributed by atoms with Gasteiger partial charge in [-0.3, -0.25) is 4.79 Å². The molecule has 0 radical (unpaired) electrons. The summed E-state index contributed by atoms with van der Waals surface area (Å²) in [5.74, 6) is -3.86. The van der Waals surface area contributed by atoms with E-state index in [1.165, 1.54) is 0 Å². The van der Waals surface area contributed by atoms with Crippen LogP contribution in [0.25, 0.3) is 0 Å². The highest BCUT2D eigenvalue weighted by Gasteiger charge is 2.29. The second-order valence-corrected chi connectivity index (χ2v) is 4.18. The topological polar surface area (TPSA) is 46.5 Å². The van der Waals surface area contributed by atoms with E-state index in [0.717, 1.165) is 0 Å². The molecule has 1 rings (SSSR count). The van der Waals surface area contributed by atoms with Gasteiger partial charge in [0.15, 0.2) is 6.61 Å². The van der Waals surface area contributed by atoms with Crippen molar-refractivity contribution in [3.05, 3.63) is 0 Å². The summed E-state index contributed by atoms with van der Waals surface area (Å²) in [7, 11) is 0. The number of aliphatic hydroxyl groups excluding tert-OH is 1. The first-order valence-corrected chi connectivity index (χ1v) is 5.11. The average Bonchev–Trinajstić information content (AvgIpc) is 2.14. The first kappa shape index (κ1) is 12.4. The lowest BCUT2D eigenvalue weighted by molar-refractivity contribution is -0.160. The lowest BCUT2D eigenvalue weighted by atomic mass is 9.87. The molecule has 0 spiro atoms. The van der Waals surface area contributed by atoms with E-state index < -0.39 is 18.5 Å². The Hall–Kier alpha value is -0.710. The SMILES string of the molecule is CC(F)(F)COC(=O)C1CCC(O)CC1. The molecule has 0 aromatic carbocycles. The van der Waals surface area contributed by atoms with Gasteiger partial charge in [-0.15, -0.1) is 0 Å². The molecule has 1 N–H and O–H groups in total. The number of alkyl halides is 2. The van der Waals surface area contributed by atoms with E-state index >= 15 is 0 Å². The predicted octanol–water partition coefficient (Wildman–Crippen LogP) is 1.74. The summed E-state index contributed by atoms with van der Waals surface area (Å²) in [5, 5.41) is 9.20. The van der Waals surface area contributed by atoms with Crippen LogP contribution in [0.5, 0.6) is 0 Å². The molecule has 1 aliphatic rings. The van der Waals surface area contributed by atoms with Gasteiger partial charge in [0.1, 0.15) is 0 Å². The van der Waals surface area contributed by atoms with Crippen LogP contribution in [0.4, 0.5) is 8.78 Å². The second kappa shape index (κ2) is 4.88. The van der Waals surface area contributed by atoms with Crippen LogP contribution in [0.2, 0.25) is 0 Å². The van der Waals surface area contributed by atoms with Gasteiger partial charge in [0.05, 0.1) is 12.0 Å². The van der Waals surface area contributed by atoms with Crippen LogP contribution >= 0.6 is 0 Å². The van der Waals surface area contributed by atoms with Gasteiger partial charge in [-0.05, 0) is 25.7 Å². The van der Waals surface area contributed by atoms with Crippen molar-refractivity contribution in [2.75, 3.05) is 6.61 Å². The van der Waals surface area contributed by atoms with Crippen LogP contribution in [-0.2, 0) is 9.53 Å². The first-order chi connectivity index (χ1) is 6.88. The number of carbonyl (C=O) groups is 1. The van der Waals surface area contributed by atoms with E-state index in [4.69, 9.17) is 0 Å². The number of hydrogen-bond acceptors (Lipinski definition) is 3. The Morgan fingerprint density at radius 3 is 2.40 bits per heavy atom. The number of ether oxygens (including phenoxy) is 1. The molecule has 0 unspecified atom stereocenters. The molecule has 88 valence electrons. The predicted molar refractivity (Wildman–Crippen MR) is 49.5 cm³/mol. The van der Waals surface area contributed by atoms with Crippen LogP contribution in [-0.4, -0.2) is 29.7 Å². The molecule has 1 fully saturated rings. The normalized spacial score (nSPS) is 27.5. The fourth-order valence-electron chi connectivity index (χ4n) is 1.63. The third-order valence-corrected chi connectivity index (χ3v) is 2.50. The summed E-state index contributed by atoms with van der Waals surface area (Å²) < 4.78 is 29.3. The molecule has 1 saturated carbocycles. The van der Waals surface area contributed by atoms with E-state index in [0.29, 0.717) is 32.6 Å². The van der Waals surface area contributed by atoms with Crippen LogP contribution in [0.3, 0.4) is 0 Å². The highest BCUT2D eigenvalue weighted by Crippen LogP contribution is 2.25. The number of hydrogen-bond donors (Lipinski definition) is 1. The van der Waals surface area contributed by atoms with Crippen molar-refractivity contribution in [1.29, 1.82) is 0 Å². The molecule has 0 aliphatic heterocycles. The molecule has 0 amide bonds. The molecular formula is C10H16F2O3. The largest absolute Gasteiger partial charge is 0.459 e. The molecule has 0 aromatic rings. The minimum atomic E-state index is -2.97. The highest BCUT2D eigenvalue weighted by molar-refractivity contribution is 5.72. The second-order valence-electron chi connectivity index (χ2n) is 4.18.